The van der Waals surface area contributed by atoms with Crippen molar-refractivity contribution in [1.29, 1.82) is 0 Å². The Kier molecular flexibility index (Phi) is 5.33. The van der Waals surface area contributed by atoms with Crippen LogP contribution in [0.3, 0.4) is 0 Å². The monoisotopic (exact) mass is 345 g/mol. The number of amides is 3. The van der Waals surface area contributed by atoms with Crippen LogP contribution in [0.1, 0.15) is 5.56 Å². The summed E-state index contributed by atoms with van der Waals surface area (Å²) in [6.45, 7) is 2.02. The average Bonchev–Trinajstić information content (AvgIpc) is 2.64. The summed E-state index contributed by atoms with van der Waals surface area (Å²) in [7, 11) is 1.62. The molecule has 2 heterocycles. The zero-order valence-corrected chi connectivity index (χ0v) is 14.4. The van der Waals surface area contributed by atoms with Gasteiger partial charge < -0.3 is 19.4 Å². The van der Waals surface area contributed by atoms with Gasteiger partial charge in [-0.1, -0.05) is 30.3 Å². The highest BCUT2D eigenvalue weighted by Crippen LogP contribution is 2.17. The predicted molar refractivity (Wildman–Crippen MR) is 90.7 cm³/mol. The number of carbonyl (C=O) groups is 3. The lowest BCUT2D eigenvalue weighted by atomic mass is 10.0. The van der Waals surface area contributed by atoms with Crippen molar-refractivity contribution in [2.24, 2.45) is 0 Å². The maximum Gasteiger partial charge on any atom is 0.245 e. The highest BCUT2D eigenvalue weighted by molar-refractivity contribution is 5.97. The lowest BCUT2D eigenvalue weighted by Gasteiger charge is -2.39. The summed E-state index contributed by atoms with van der Waals surface area (Å²) in [4.78, 5) is 42.3. The molecule has 2 saturated heterocycles. The van der Waals surface area contributed by atoms with E-state index in [9.17, 15) is 14.4 Å². The van der Waals surface area contributed by atoms with Gasteiger partial charge in [0.2, 0.25) is 17.7 Å². The van der Waals surface area contributed by atoms with Crippen LogP contribution in [-0.2, 0) is 25.5 Å². The summed E-state index contributed by atoms with van der Waals surface area (Å²) in [5, 5.41) is 0. The van der Waals surface area contributed by atoms with E-state index < -0.39 is 6.04 Å². The Morgan fingerprint density at radius 2 is 1.84 bits per heavy atom. The first kappa shape index (κ1) is 17.4. The first-order valence-corrected chi connectivity index (χ1v) is 8.50. The van der Waals surface area contributed by atoms with Crippen LogP contribution in [0, 0.1) is 0 Å². The van der Waals surface area contributed by atoms with Crippen LogP contribution in [0.4, 0.5) is 0 Å². The number of benzene rings is 1. The van der Waals surface area contributed by atoms with Gasteiger partial charge in [0.15, 0.2) is 0 Å². The van der Waals surface area contributed by atoms with Gasteiger partial charge >= 0.3 is 0 Å². The van der Waals surface area contributed by atoms with Crippen molar-refractivity contribution in [3.05, 3.63) is 35.9 Å². The van der Waals surface area contributed by atoms with E-state index in [0.717, 1.165) is 5.56 Å². The molecule has 134 valence electrons. The van der Waals surface area contributed by atoms with Gasteiger partial charge in [0, 0.05) is 26.6 Å². The van der Waals surface area contributed by atoms with Crippen molar-refractivity contribution in [3.63, 3.8) is 0 Å². The fourth-order valence-electron chi connectivity index (χ4n) is 3.22. The molecule has 2 fully saturated rings. The van der Waals surface area contributed by atoms with Gasteiger partial charge in [0.05, 0.1) is 19.8 Å². The van der Waals surface area contributed by atoms with Crippen LogP contribution in [0.15, 0.2) is 30.3 Å². The van der Waals surface area contributed by atoms with Crippen molar-refractivity contribution < 1.29 is 19.1 Å². The van der Waals surface area contributed by atoms with Crippen LogP contribution >= 0.6 is 0 Å². The molecule has 0 saturated carbocycles. The van der Waals surface area contributed by atoms with Crippen molar-refractivity contribution in [3.8, 4) is 0 Å². The number of hydrogen-bond donors (Lipinski definition) is 0. The number of morpholine rings is 1. The Bertz CT molecular complexity index is 643. The van der Waals surface area contributed by atoms with Crippen molar-refractivity contribution >= 4 is 17.7 Å². The number of ether oxygens (including phenoxy) is 1. The molecule has 25 heavy (non-hydrogen) atoms. The largest absolute Gasteiger partial charge is 0.378 e. The molecule has 0 unspecified atom stereocenters. The van der Waals surface area contributed by atoms with E-state index >= 15 is 0 Å². The predicted octanol–water partition coefficient (Wildman–Crippen LogP) is -0.243. The molecule has 3 rings (SSSR count). The van der Waals surface area contributed by atoms with Crippen LogP contribution < -0.4 is 0 Å². The molecule has 2 aliphatic heterocycles. The second-order valence-electron chi connectivity index (χ2n) is 6.41. The normalized spacial score (nSPS) is 21.6. The quantitative estimate of drug-likeness (QED) is 0.755. The molecule has 0 bridgehead atoms. The third-order valence-electron chi connectivity index (χ3n) is 4.67. The Labute approximate surface area is 147 Å². The molecule has 1 atom stereocenters. The standard InChI is InChI=1S/C18H23N3O4/c1-19-12-17(23)21(13-16(22)20-7-9-25-10-8-20)15(18(19)24)11-14-5-3-2-4-6-14/h2-6,15H,7-13H2,1H3/t15-/m0/s1. The van der Waals surface area contributed by atoms with Crippen molar-refractivity contribution in [2.45, 2.75) is 12.5 Å². The molecule has 1 aromatic carbocycles. The van der Waals surface area contributed by atoms with E-state index in [1.807, 2.05) is 30.3 Å². The van der Waals surface area contributed by atoms with Gasteiger partial charge in [-0.15, -0.1) is 0 Å². The highest BCUT2D eigenvalue weighted by atomic mass is 16.5. The van der Waals surface area contributed by atoms with Gasteiger partial charge in [-0.05, 0) is 5.56 Å². The molecule has 2 aliphatic rings. The van der Waals surface area contributed by atoms with Crippen LogP contribution in [0.2, 0.25) is 0 Å². The summed E-state index contributed by atoms with van der Waals surface area (Å²) in [5.74, 6) is -0.449. The second-order valence-corrected chi connectivity index (χ2v) is 6.41. The molecular weight excluding hydrogens is 322 g/mol. The van der Waals surface area contributed by atoms with Gasteiger partial charge in [0.1, 0.15) is 12.6 Å². The minimum absolute atomic E-state index is 0.0144. The van der Waals surface area contributed by atoms with E-state index in [2.05, 4.69) is 0 Å². The number of carbonyl (C=O) groups excluding carboxylic acids is 3. The average molecular weight is 345 g/mol. The van der Waals surface area contributed by atoms with Crippen molar-refractivity contribution in [1.82, 2.24) is 14.7 Å². The van der Waals surface area contributed by atoms with E-state index in [0.29, 0.717) is 32.7 Å². The van der Waals surface area contributed by atoms with Crippen molar-refractivity contribution in [2.75, 3.05) is 46.4 Å². The topological polar surface area (TPSA) is 70.2 Å². The third kappa shape index (κ3) is 3.99. The lowest BCUT2D eigenvalue weighted by molar-refractivity contribution is -0.157. The SMILES string of the molecule is CN1CC(=O)N(CC(=O)N2CCOCC2)[C@@H](Cc2ccccc2)C1=O. The molecule has 0 aromatic heterocycles. The Morgan fingerprint density at radius 3 is 2.52 bits per heavy atom. The lowest BCUT2D eigenvalue weighted by Crippen LogP contribution is -2.61. The van der Waals surface area contributed by atoms with Gasteiger partial charge in [0.25, 0.3) is 0 Å². The van der Waals surface area contributed by atoms with Gasteiger partial charge in [-0.2, -0.15) is 0 Å². The van der Waals surface area contributed by atoms with Crippen LogP contribution in [0.25, 0.3) is 0 Å². The number of nitrogens with zero attached hydrogens (tertiary/aromatic N) is 3. The molecule has 0 radical (unpaired) electrons. The number of likely N-dealkylation sites (N-methyl/N-ethyl adjacent to an activating group) is 1. The third-order valence-corrected chi connectivity index (χ3v) is 4.67. The fraction of sp³-hybridized carbons (Fsp3) is 0.500. The zero-order chi connectivity index (χ0) is 17.8. The zero-order valence-electron chi connectivity index (χ0n) is 14.4. The van der Waals surface area contributed by atoms with Crippen LogP contribution in [0.5, 0.6) is 0 Å². The van der Waals surface area contributed by atoms with E-state index in [1.54, 1.807) is 11.9 Å². The molecule has 7 nitrogen and oxygen atoms in total. The minimum atomic E-state index is -0.640. The first-order valence-electron chi connectivity index (χ1n) is 8.50. The van der Waals surface area contributed by atoms with E-state index in [1.165, 1.54) is 9.80 Å². The molecular formula is C18H23N3O4. The maximum atomic E-state index is 12.6. The Balaban J connectivity index is 1.76. The van der Waals surface area contributed by atoms with E-state index in [-0.39, 0.29) is 30.8 Å². The molecule has 3 amide bonds. The van der Waals surface area contributed by atoms with Gasteiger partial charge in [-0.3, -0.25) is 14.4 Å². The summed E-state index contributed by atoms with van der Waals surface area (Å²) >= 11 is 0. The smallest absolute Gasteiger partial charge is 0.245 e. The fourth-order valence-corrected chi connectivity index (χ4v) is 3.22. The number of rotatable bonds is 4. The van der Waals surface area contributed by atoms with E-state index in [4.69, 9.17) is 4.74 Å². The number of piperazine rings is 1. The van der Waals surface area contributed by atoms with Gasteiger partial charge in [-0.25, -0.2) is 0 Å². The second kappa shape index (κ2) is 7.65. The summed E-state index contributed by atoms with van der Waals surface area (Å²) in [5.41, 5.74) is 0.966. The summed E-state index contributed by atoms with van der Waals surface area (Å²) in [6, 6.07) is 8.92. The summed E-state index contributed by atoms with van der Waals surface area (Å²) < 4.78 is 5.26. The maximum absolute atomic E-state index is 12.6. The Morgan fingerprint density at radius 1 is 1.16 bits per heavy atom. The molecule has 0 spiro atoms. The molecule has 0 aliphatic carbocycles. The molecule has 0 N–H and O–H groups in total. The first-order chi connectivity index (χ1) is 12.1. The minimum Gasteiger partial charge on any atom is -0.378 e. The highest BCUT2D eigenvalue weighted by Gasteiger charge is 2.39. The van der Waals surface area contributed by atoms with Crippen LogP contribution in [-0.4, -0.2) is 84.9 Å². The Hall–Kier alpha value is -2.41. The summed E-state index contributed by atoms with van der Waals surface area (Å²) in [6.07, 6.45) is 0.409. The number of hydrogen-bond acceptors (Lipinski definition) is 4. The molecule has 7 heteroatoms. The molecule has 1 aromatic rings.